The van der Waals surface area contributed by atoms with Crippen molar-refractivity contribution in [3.63, 3.8) is 0 Å². The van der Waals surface area contributed by atoms with Gasteiger partial charge in [0.1, 0.15) is 0 Å². The molecule has 0 aliphatic carbocycles. The summed E-state index contributed by atoms with van der Waals surface area (Å²) < 4.78 is 0. The first-order chi connectivity index (χ1) is 5.20. The molecule has 7 heteroatoms. The molecule has 0 aliphatic heterocycles. The van der Waals surface area contributed by atoms with Gasteiger partial charge in [0.15, 0.2) is 0 Å². The molecule has 0 saturated heterocycles. The van der Waals surface area contributed by atoms with Crippen LogP contribution in [0.1, 0.15) is 20.8 Å². The normalized spacial score (nSPS) is 5.77. The molecule has 0 unspecified atom stereocenters. The standard InChI is InChI=1S/3C2H4O2.Pt/c3*1-2(3)4;/h3*1H3,(H,3,4);. The molecule has 0 aromatic carbocycles. The summed E-state index contributed by atoms with van der Waals surface area (Å²) in [7, 11) is 0. The van der Waals surface area contributed by atoms with Crippen LogP contribution in [0.3, 0.4) is 0 Å². The fourth-order valence-electron chi connectivity index (χ4n) is 0. The molecule has 82 valence electrons. The zero-order chi connectivity index (χ0) is 10.7. The first-order valence-electron chi connectivity index (χ1n) is 2.78. The second-order valence-corrected chi connectivity index (χ2v) is 1.56. The Morgan fingerprint density at radius 3 is 0.692 bits per heavy atom. The van der Waals surface area contributed by atoms with E-state index >= 15 is 0 Å². The van der Waals surface area contributed by atoms with E-state index in [9.17, 15) is 0 Å². The minimum absolute atomic E-state index is 0. The van der Waals surface area contributed by atoms with Gasteiger partial charge in [0, 0.05) is 41.8 Å². The Hall–Kier alpha value is -0.902. The first-order valence-corrected chi connectivity index (χ1v) is 2.78. The van der Waals surface area contributed by atoms with Crippen LogP contribution in [-0.4, -0.2) is 33.2 Å². The molecule has 3 N–H and O–H groups in total. The van der Waals surface area contributed by atoms with Gasteiger partial charge in [-0.3, -0.25) is 14.4 Å². The number of carboxylic acids is 3. The van der Waals surface area contributed by atoms with E-state index in [1.807, 2.05) is 0 Å². The Bertz CT molecular complexity index is 115. The van der Waals surface area contributed by atoms with E-state index in [1.165, 1.54) is 0 Å². The van der Waals surface area contributed by atoms with Gasteiger partial charge < -0.3 is 15.3 Å². The molecule has 0 fully saturated rings. The summed E-state index contributed by atoms with van der Waals surface area (Å²) in [6.07, 6.45) is 0. The van der Waals surface area contributed by atoms with Crippen LogP contribution in [0.2, 0.25) is 0 Å². The fraction of sp³-hybridized carbons (Fsp3) is 0.500. The third-order valence-corrected chi connectivity index (χ3v) is 0. The van der Waals surface area contributed by atoms with Gasteiger partial charge in [-0.1, -0.05) is 0 Å². The van der Waals surface area contributed by atoms with Crippen molar-refractivity contribution in [3.8, 4) is 0 Å². The van der Waals surface area contributed by atoms with Gasteiger partial charge in [-0.05, 0) is 0 Å². The maximum absolute atomic E-state index is 9.00. The summed E-state index contributed by atoms with van der Waals surface area (Å²) in [4.78, 5) is 27.0. The molecule has 0 aromatic heterocycles. The van der Waals surface area contributed by atoms with E-state index in [0.29, 0.717) is 0 Å². The van der Waals surface area contributed by atoms with Crippen molar-refractivity contribution in [1.29, 1.82) is 0 Å². The summed E-state index contributed by atoms with van der Waals surface area (Å²) in [6.45, 7) is 3.25. The first kappa shape index (κ1) is 22.7. The van der Waals surface area contributed by atoms with Crippen LogP contribution >= 0.6 is 0 Å². The summed E-state index contributed by atoms with van der Waals surface area (Å²) in [6, 6.07) is 0. The molecule has 0 aliphatic rings. The summed E-state index contributed by atoms with van der Waals surface area (Å²) in [5, 5.41) is 22.2. The monoisotopic (exact) mass is 375 g/mol. The molecule has 0 amide bonds. The second-order valence-electron chi connectivity index (χ2n) is 1.56. The summed E-state index contributed by atoms with van der Waals surface area (Å²) in [5.41, 5.74) is 0. The van der Waals surface area contributed by atoms with Gasteiger partial charge in [0.2, 0.25) is 0 Å². The summed E-state index contributed by atoms with van der Waals surface area (Å²) in [5.74, 6) is -2.50. The molecule has 0 rings (SSSR count). The van der Waals surface area contributed by atoms with E-state index in [1.54, 1.807) is 0 Å². The minimum Gasteiger partial charge on any atom is -0.481 e. The van der Waals surface area contributed by atoms with Crippen LogP contribution in [0.15, 0.2) is 0 Å². The number of hydrogen-bond acceptors (Lipinski definition) is 3. The van der Waals surface area contributed by atoms with Gasteiger partial charge in [-0.15, -0.1) is 0 Å². The number of rotatable bonds is 0. The van der Waals surface area contributed by atoms with Crippen LogP contribution in [0.4, 0.5) is 0 Å². The van der Waals surface area contributed by atoms with Crippen LogP contribution in [-0.2, 0) is 35.4 Å². The minimum atomic E-state index is -0.833. The average molecular weight is 375 g/mol. The van der Waals surface area contributed by atoms with Crippen LogP contribution in [0.25, 0.3) is 0 Å². The van der Waals surface area contributed by atoms with Crippen molar-refractivity contribution in [3.05, 3.63) is 0 Å². The predicted octanol–water partition coefficient (Wildman–Crippen LogP) is 0.270. The van der Waals surface area contributed by atoms with E-state index in [0.717, 1.165) is 20.8 Å². The molecular formula is C6H12O6Pt. The van der Waals surface area contributed by atoms with Crippen molar-refractivity contribution < 1.29 is 50.8 Å². The average Bonchev–Trinajstić information content (AvgIpc) is 1.54. The zero-order valence-electron chi connectivity index (χ0n) is 7.38. The van der Waals surface area contributed by atoms with Crippen molar-refractivity contribution in [2.24, 2.45) is 0 Å². The zero-order valence-corrected chi connectivity index (χ0v) is 9.65. The third kappa shape index (κ3) is 1130. The van der Waals surface area contributed by atoms with Gasteiger partial charge in [-0.25, -0.2) is 0 Å². The predicted molar refractivity (Wildman–Crippen MR) is 39.9 cm³/mol. The number of carbonyl (C=O) groups is 3. The molecule has 0 aromatic rings. The third-order valence-electron chi connectivity index (χ3n) is 0. The molecule has 0 spiro atoms. The largest absolute Gasteiger partial charge is 0.481 e. The maximum Gasteiger partial charge on any atom is 0.300 e. The second kappa shape index (κ2) is 17.3. The molecule has 6 nitrogen and oxygen atoms in total. The topological polar surface area (TPSA) is 112 Å². The van der Waals surface area contributed by atoms with Gasteiger partial charge in [0.25, 0.3) is 17.9 Å². The number of carboxylic acid groups (broad SMARTS) is 3. The number of aliphatic carboxylic acids is 3. The Morgan fingerprint density at radius 2 is 0.692 bits per heavy atom. The quantitative estimate of drug-likeness (QED) is 0.561. The molecule has 0 bridgehead atoms. The summed E-state index contributed by atoms with van der Waals surface area (Å²) >= 11 is 0. The Balaban J connectivity index is -0.0000000450. The molecular weight excluding hydrogens is 363 g/mol. The molecule has 13 heavy (non-hydrogen) atoms. The Labute approximate surface area is 89.8 Å². The van der Waals surface area contributed by atoms with Crippen LogP contribution in [0, 0.1) is 0 Å². The van der Waals surface area contributed by atoms with E-state index in [-0.39, 0.29) is 21.1 Å². The van der Waals surface area contributed by atoms with E-state index in [4.69, 9.17) is 29.7 Å². The molecule has 0 saturated carbocycles. The number of hydrogen-bond donors (Lipinski definition) is 3. The molecule has 0 heterocycles. The molecule has 0 radical (unpaired) electrons. The van der Waals surface area contributed by atoms with E-state index < -0.39 is 17.9 Å². The Morgan fingerprint density at radius 1 is 0.692 bits per heavy atom. The SMILES string of the molecule is CC(=O)O.CC(=O)O.CC(=O)O.[Pt]. The van der Waals surface area contributed by atoms with Crippen molar-refractivity contribution in [2.75, 3.05) is 0 Å². The van der Waals surface area contributed by atoms with Crippen molar-refractivity contribution in [1.82, 2.24) is 0 Å². The van der Waals surface area contributed by atoms with Gasteiger partial charge in [0.05, 0.1) is 0 Å². The molecule has 0 atom stereocenters. The fourth-order valence-corrected chi connectivity index (χ4v) is 0. The van der Waals surface area contributed by atoms with Crippen LogP contribution < -0.4 is 0 Å². The van der Waals surface area contributed by atoms with E-state index in [2.05, 4.69) is 0 Å². The maximum atomic E-state index is 9.00. The van der Waals surface area contributed by atoms with Crippen molar-refractivity contribution in [2.45, 2.75) is 20.8 Å². The van der Waals surface area contributed by atoms with Crippen LogP contribution in [0.5, 0.6) is 0 Å². The van der Waals surface area contributed by atoms with Crippen molar-refractivity contribution >= 4 is 17.9 Å². The smallest absolute Gasteiger partial charge is 0.300 e. The Kier molecular flexibility index (Phi) is 30.2. The van der Waals surface area contributed by atoms with Gasteiger partial charge in [-0.2, -0.15) is 0 Å². The van der Waals surface area contributed by atoms with Gasteiger partial charge >= 0.3 is 0 Å².